The molecule has 0 unspecified atom stereocenters. The van der Waals surface area contributed by atoms with E-state index < -0.39 is 21.8 Å². The van der Waals surface area contributed by atoms with E-state index in [1.54, 1.807) is 25.1 Å². The van der Waals surface area contributed by atoms with Crippen LogP contribution in [0.1, 0.15) is 16.7 Å². The summed E-state index contributed by atoms with van der Waals surface area (Å²) in [5.41, 5.74) is 0.524. The number of sulfonamides is 1. The van der Waals surface area contributed by atoms with Crippen LogP contribution in [0.5, 0.6) is 0 Å². The minimum atomic E-state index is -4.51. The molecular weight excluding hydrogens is 351 g/mol. The molecule has 3 nitrogen and oxygen atoms in total. The van der Waals surface area contributed by atoms with E-state index >= 15 is 0 Å². The van der Waals surface area contributed by atoms with Crippen molar-refractivity contribution in [2.24, 2.45) is 0 Å². The van der Waals surface area contributed by atoms with Crippen molar-refractivity contribution < 1.29 is 21.6 Å². The van der Waals surface area contributed by atoms with Crippen molar-refractivity contribution in [3.05, 3.63) is 64.2 Å². The van der Waals surface area contributed by atoms with Crippen LogP contribution in [0.2, 0.25) is 5.02 Å². The van der Waals surface area contributed by atoms with Crippen LogP contribution in [0.3, 0.4) is 0 Å². The molecule has 8 heteroatoms. The maximum absolute atomic E-state index is 12.5. The summed E-state index contributed by atoms with van der Waals surface area (Å²) in [5, 5.41) is 0.417. The molecule has 0 aliphatic carbocycles. The van der Waals surface area contributed by atoms with Gasteiger partial charge in [0.05, 0.1) is 10.5 Å². The summed E-state index contributed by atoms with van der Waals surface area (Å²) in [5.74, 6) is 0. The zero-order valence-electron chi connectivity index (χ0n) is 12.0. The molecule has 0 saturated carbocycles. The number of hydrogen-bond donors (Lipinski definition) is 1. The largest absolute Gasteiger partial charge is 0.416 e. The minimum Gasteiger partial charge on any atom is -0.207 e. The molecule has 0 heterocycles. The number of alkyl halides is 3. The van der Waals surface area contributed by atoms with Crippen molar-refractivity contribution in [2.75, 3.05) is 0 Å². The van der Waals surface area contributed by atoms with Crippen molar-refractivity contribution in [3.63, 3.8) is 0 Å². The van der Waals surface area contributed by atoms with Crippen LogP contribution in [0.25, 0.3) is 0 Å². The van der Waals surface area contributed by atoms with E-state index in [4.69, 9.17) is 11.6 Å². The summed E-state index contributed by atoms with van der Waals surface area (Å²) < 4.78 is 64.1. The van der Waals surface area contributed by atoms with Gasteiger partial charge in [0.2, 0.25) is 10.0 Å². The monoisotopic (exact) mass is 363 g/mol. The van der Waals surface area contributed by atoms with E-state index in [2.05, 4.69) is 4.72 Å². The molecule has 0 amide bonds. The number of hydrogen-bond acceptors (Lipinski definition) is 2. The molecule has 0 saturated heterocycles. The van der Waals surface area contributed by atoms with E-state index in [0.717, 1.165) is 29.8 Å². The summed E-state index contributed by atoms with van der Waals surface area (Å²) >= 11 is 6.02. The van der Waals surface area contributed by atoms with Crippen molar-refractivity contribution in [1.29, 1.82) is 0 Å². The van der Waals surface area contributed by atoms with E-state index in [0.29, 0.717) is 10.6 Å². The molecule has 0 bridgehead atoms. The third-order valence-electron chi connectivity index (χ3n) is 3.28. The van der Waals surface area contributed by atoms with E-state index in [1.165, 1.54) is 0 Å². The Labute approximate surface area is 137 Å². The van der Waals surface area contributed by atoms with Gasteiger partial charge in [-0.15, -0.1) is 0 Å². The minimum absolute atomic E-state index is 0.0468. The lowest BCUT2D eigenvalue weighted by molar-refractivity contribution is -0.137. The highest BCUT2D eigenvalue weighted by molar-refractivity contribution is 7.89. The fraction of sp³-hybridized carbons (Fsp3) is 0.200. The van der Waals surface area contributed by atoms with Crippen LogP contribution in [0.15, 0.2) is 47.4 Å². The van der Waals surface area contributed by atoms with Crippen molar-refractivity contribution >= 4 is 21.6 Å². The highest BCUT2D eigenvalue weighted by Crippen LogP contribution is 2.29. The Balaban J connectivity index is 2.19. The van der Waals surface area contributed by atoms with Crippen LogP contribution in [0.4, 0.5) is 13.2 Å². The third kappa shape index (κ3) is 4.25. The Morgan fingerprint density at radius 2 is 1.70 bits per heavy atom. The molecule has 2 rings (SSSR count). The van der Waals surface area contributed by atoms with Gasteiger partial charge < -0.3 is 0 Å². The summed E-state index contributed by atoms with van der Waals surface area (Å²) in [7, 11) is -3.93. The number of rotatable bonds is 4. The lowest BCUT2D eigenvalue weighted by atomic mass is 10.1. The maximum atomic E-state index is 12.5. The summed E-state index contributed by atoms with van der Waals surface area (Å²) in [6.45, 7) is 1.74. The molecule has 0 spiro atoms. The summed E-state index contributed by atoms with van der Waals surface area (Å²) in [6.07, 6.45) is -4.51. The Morgan fingerprint density at radius 3 is 2.22 bits per heavy atom. The van der Waals surface area contributed by atoms with Gasteiger partial charge in [0.25, 0.3) is 0 Å². The molecule has 0 aliphatic heterocycles. The second kappa shape index (κ2) is 6.51. The van der Waals surface area contributed by atoms with Gasteiger partial charge in [-0.1, -0.05) is 23.7 Å². The van der Waals surface area contributed by atoms with Gasteiger partial charge >= 0.3 is 6.18 Å². The van der Waals surface area contributed by atoms with Crippen LogP contribution in [-0.4, -0.2) is 8.42 Å². The van der Waals surface area contributed by atoms with Gasteiger partial charge in [-0.3, -0.25) is 0 Å². The third-order valence-corrected chi connectivity index (χ3v) is 5.06. The van der Waals surface area contributed by atoms with Crippen LogP contribution in [0, 0.1) is 6.92 Å². The van der Waals surface area contributed by atoms with Gasteiger partial charge in [0.1, 0.15) is 0 Å². The molecular formula is C15H13ClF3NO2S. The lowest BCUT2D eigenvalue weighted by Crippen LogP contribution is -2.24. The Bertz CT molecular complexity index is 782. The van der Waals surface area contributed by atoms with E-state index in [-0.39, 0.29) is 11.4 Å². The molecule has 2 aromatic rings. The average molecular weight is 364 g/mol. The lowest BCUT2D eigenvalue weighted by Gasteiger charge is -2.11. The topological polar surface area (TPSA) is 46.2 Å². The van der Waals surface area contributed by atoms with Gasteiger partial charge in [-0.25, -0.2) is 13.1 Å². The summed E-state index contributed by atoms with van der Waals surface area (Å²) in [4.78, 5) is -0.241. The first-order chi connectivity index (χ1) is 10.6. The molecule has 23 heavy (non-hydrogen) atoms. The van der Waals surface area contributed by atoms with Crippen LogP contribution >= 0.6 is 11.6 Å². The molecule has 2 aromatic carbocycles. The first-order valence-corrected chi connectivity index (χ1v) is 8.38. The Morgan fingerprint density at radius 1 is 1.09 bits per heavy atom. The predicted octanol–water partition coefficient (Wildman–Crippen LogP) is 4.15. The number of benzene rings is 2. The van der Waals surface area contributed by atoms with Gasteiger partial charge in [0.15, 0.2) is 0 Å². The first-order valence-electron chi connectivity index (χ1n) is 6.52. The molecule has 1 N–H and O–H groups in total. The molecule has 0 aromatic heterocycles. The molecule has 0 fully saturated rings. The molecule has 0 radical (unpaired) electrons. The molecule has 0 aliphatic rings. The Kier molecular flexibility index (Phi) is 5.03. The maximum Gasteiger partial charge on any atom is 0.416 e. The van der Waals surface area contributed by atoms with Gasteiger partial charge in [-0.05, 0) is 48.4 Å². The molecule has 124 valence electrons. The average Bonchev–Trinajstić information content (AvgIpc) is 2.46. The van der Waals surface area contributed by atoms with Gasteiger partial charge in [-0.2, -0.15) is 13.2 Å². The zero-order chi connectivity index (χ0) is 17.3. The van der Waals surface area contributed by atoms with Crippen molar-refractivity contribution in [2.45, 2.75) is 24.5 Å². The first kappa shape index (κ1) is 17.8. The molecule has 0 atom stereocenters. The normalized spacial score (nSPS) is 12.4. The van der Waals surface area contributed by atoms with E-state index in [1.807, 2.05) is 0 Å². The van der Waals surface area contributed by atoms with Crippen LogP contribution < -0.4 is 4.72 Å². The number of nitrogens with one attached hydrogen (secondary N) is 1. The second-order valence-electron chi connectivity index (χ2n) is 4.88. The highest BCUT2D eigenvalue weighted by Gasteiger charge is 2.30. The van der Waals surface area contributed by atoms with E-state index in [9.17, 15) is 21.6 Å². The Hall–Kier alpha value is -1.57. The zero-order valence-corrected chi connectivity index (χ0v) is 13.6. The number of aryl methyl sites for hydroxylation is 1. The fourth-order valence-electron chi connectivity index (χ4n) is 1.96. The standard InChI is InChI=1S/C15H13ClF3NO2S/c1-10-3-2-4-14(16)13(10)9-20-23(21,22)12-7-5-11(6-8-12)15(17,18)19/h2-8,20H,9H2,1H3. The fourth-order valence-corrected chi connectivity index (χ4v) is 3.25. The highest BCUT2D eigenvalue weighted by atomic mass is 35.5. The SMILES string of the molecule is Cc1cccc(Cl)c1CNS(=O)(=O)c1ccc(C(F)(F)F)cc1. The van der Waals surface area contributed by atoms with Crippen LogP contribution in [-0.2, 0) is 22.7 Å². The quantitative estimate of drug-likeness (QED) is 0.887. The smallest absolute Gasteiger partial charge is 0.207 e. The summed E-state index contributed by atoms with van der Waals surface area (Å²) in [6, 6.07) is 8.47. The van der Waals surface area contributed by atoms with Crippen molar-refractivity contribution in [1.82, 2.24) is 4.72 Å². The number of halogens is 4. The second-order valence-corrected chi connectivity index (χ2v) is 7.06. The predicted molar refractivity (Wildman–Crippen MR) is 81.7 cm³/mol. The van der Waals surface area contributed by atoms with Crippen molar-refractivity contribution in [3.8, 4) is 0 Å². The van der Waals surface area contributed by atoms with Gasteiger partial charge in [0, 0.05) is 11.6 Å².